The van der Waals surface area contributed by atoms with Crippen LogP contribution in [-0.4, -0.2) is 40.0 Å². The molecule has 0 saturated heterocycles. The minimum atomic E-state index is -2.93. The Labute approximate surface area is 143 Å². The molecule has 7 nitrogen and oxygen atoms in total. The lowest BCUT2D eigenvalue weighted by molar-refractivity contribution is -0.0497. The van der Waals surface area contributed by atoms with Gasteiger partial charge in [-0.15, -0.1) is 0 Å². The van der Waals surface area contributed by atoms with Gasteiger partial charge in [-0.25, -0.2) is 14.2 Å². The molecule has 0 bridgehead atoms. The first-order valence-corrected chi connectivity index (χ1v) is 8.11. The number of rotatable bonds is 6. The van der Waals surface area contributed by atoms with Crippen molar-refractivity contribution in [1.29, 1.82) is 0 Å². The van der Waals surface area contributed by atoms with Gasteiger partial charge in [0.25, 0.3) is 0 Å². The number of hydrogen-bond acceptors (Lipinski definition) is 6. The first-order valence-electron chi connectivity index (χ1n) is 6.96. The van der Waals surface area contributed by atoms with Gasteiger partial charge in [0.15, 0.2) is 16.5 Å². The molecular weight excluding hydrogens is 356 g/mol. The van der Waals surface area contributed by atoms with Gasteiger partial charge in [-0.3, -0.25) is 0 Å². The highest BCUT2D eigenvalue weighted by Crippen LogP contribution is 2.33. The third-order valence-corrected chi connectivity index (χ3v) is 4.45. The van der Waals surface area contributed by atoms with E-state index in [-0.39, 0.29) is 21.7 Å². The number of fused-ring (bicyclic) bond motifs is 1. The van der Waals surface area contributed by atoms with Crippen LogP contribution in [0.1, 0.15) is 0 Å². The molecule has 3 rings (SSSR count). The Kier molecular flexibility index (Phi) is 4.79. The highest BCUT2D eigenvalue weighted by molar-refractivity contribution is 7.84. The highest BCUT2D eigenvalue weighted by atomic mass is 32.2. The van der Waals surface area contributed by atoms with E-state index < -0.39 is 17.4 Å². The van der Waals surface area contributed by atoms with Crippen molar-refractivity contribution in [2.45, 2.75) is 16.8 Å². The molecule has 0 spiro atoms. The van der Waals surface area contributed by atoms with Gasteiger partial charge in [0, 0.05) is 18.3 Å². The number of hydrogen-bond donors (Lipinski definition) is 1. The molecule has 25 heavy (non-hydrogen) atoms. The summed E-state index contributed by atoms with van der Waals surface area (Å²) in [5, 5.41) is 0.230. The Morgan fingerprint density at radius 1 is 1.20 bits per heavy atom. The first kappa shape index (κ1) is 17.1. The van der Waals surface area contributed by atoms with Crippen molar-refractivity contribution >= 4 is 21.8 Å². The first-order chi connectivity index (χ1) is 12.0. The number of nitrogens with one attached hydrogen (secondary N) is 1. The molecular formula is C15H13F2N3O4S. The molecule has 2 heterocycles. The summed E-state index contributed by atoms with van der Waals surface area (Å²) in [5.74, 6) is 0.579. The number of ether oxygens (including phenoxy) is 3. The number of imidazole rings is 1. The topological polar surface area (TPSA) is 86.3 Å². The molecule has 3 aromatic rings. The van der Waals surface area contributed by atoms with Crippen molar-refractivity contribution in [3.63, 3.8) is 0 Å². The number of benzene rings is 1. The van der Waals surface area contributed by atoms with Crippen LogP contribution in [-0.2, 0) is 10.8 Å². The Bertz CT molecular complexity index is 932. The zero-order chi connectivity index (χ0) is 18.0. The average molecular weight is 369 g/mol. The minimum absolute atomic E-state index is 0.0273. The minimum Gasteiger partial charge on any atom is -0.493 e. The Balaban J connectivity index is 2.00. The predicted octanol–water partition coefficient (Wildman–Crippen LogP) is 2.74. The Morgan fingerprint density at radius 3 is 2.68 bits per heavy atom. The second-order valence-electron chi connectivity index (χ2n) is 4.72. The lowest BCUT2D eigenvalue weighted by Gasteiger charge is -2.09. The number of H-pyrrole nitrogens is 1. The van der Waals surface area contributed by atoms with Crippen LogP contribution in [0.2, 0.25) is 0 Å². The molecule has 132 valence electrons. The number of halogens is 2. The van der Waals surface area contributed by atoms with E-state index >= 15 is 0 Å². The van der Waals surface area contributed by atoms with E-state index in [1.807, 2.05) is 0 Å². The Hall–Kier alpha value is -2.75. The van der Waals surface area contributed by atoms with E-state index in [2.05, 4.69) is 19.7 Å². The van der Waals surface area contributed by atoms with Crippen LogP contribution in [0.15, 0.2) is 40.6 Å². The molecule has 1 aromatic carbocycles. The fourth-order valence-corrected chi connectivity index (χ4v) is 3.29. The summed E-state index contributed by atoms with van der Waals surface area (Å²) in [6.07, 6.45) is 1.44. The van der Waals surface area contributed by atoms with Crippen LogP contribution in [0, 0.1) is 0 Å². The molecule has 1 unspecified atom stereocenters. The smallest absolute Gasteiger partial charge is 0.387 e. The average Bonchev–Trinajstić information content (AvgIpc) is 3.03. The molecule has 0 aliphatic rings. The van der Waals surface area contributed by atoms with E-state index in [1.54, 1.807) is 6.07 Å². The van der Waals surface area contributed by atoms with Gasteiger partial charge in [-0.1, -0.05) is 0 Å². The van der Waals surface area contributed by atoms with Gasteiger partial charge in [0.05, 0.1) is 25.3 Å². The quantitative estimate of drug-likeness (QED) is 0.719. The van der Waals surface area contributed by atoms with E-state index in [9.17, 15) is 13.0 Å². The largest absolute Gasteiger partial charge is 0.493 e. The van der Waals surface area contributed by atoms with Crippen LogP contribution >= 0.6 is 0 Å². The molecule has 2 aromatic heterocycles. The predicted molar refractivity (Wildman–Crippen MR) is 84.7 cm³/mol. The van der Waals surface area contributed by atoms with Gasteiger partial charge in [-0.2, -0.15) is 8.78 Å². The van der Waals surface area contributed by atoms with Crippen molar-refractivity contribution in [2.24, 2.45) is 0 Å². The lowest BCUT2D eigenvalue weighted by atomic mass is 10.3. The van der Waals surface area contributed by atoms with Gasteiger partial charge < -0.3 is 19.2 Å². The zero-order valence-electron chi connectivity index (χ0n) is 13.2. The van der Waals surface area contributed by atoms with Crippen LogP contribution < -0.4 is 14.2 Å². The third-order valence-electron chi connectivity index (χ3n) is 3.27. The summed E-state index contributed by atoms with van der Waals surface area (Å²) in [4.78, 5) is 11.1. The summed E-state index contributed by atoms with van der Waals surface area (Å²) >= 11 is 0. The summed E-state index contributed by atoms with van der Waals surface area (Å²) in [5.41, 5.74) is 0.857. The normalized spacial score (nSPS) is 12.4. The molecule has 10 heteroatoms. The molecule has 0 aliphatic carbocycles. The van der Waals surface area contributed by atoms with Crippen molar-refractivity contribution in [2.75, 3.05) is 14.2 Å². The monoisotopic (exact) mass is 369 g/mol. The second kappa shape index (κ2) is 7.01. The number of aromatic amines is 1. The summed E-state index contributed by atoms with van der Waals surface area (Å²) < 4.78 is 52.1. The van der Waals surface area contributed by atoms with Gasteiger partial charge >= 0.3 is 6.61 Å². The number of methoxy groups -OCH3 is 2. The molecule has 0 aliphatic heterocycles. The van der Waals surface area contributed by atoms with E-state index in [0.717, 1.165) is 0 Å². The molecule has 0 radical (unpaired) electrons. The summed E-state index contributed by atoms with van der Waals surface area (Å²) in [6, 6.07) is 5.77. The van der Waals surface area contributed by atoms with Crippen LogP contribution in [0.5, 0.6) is 17.2 Å². The van der Waals surface area contributed by atoms with Crippen molar-refractivity contribution in [3.8, 4) is 17.2 Å². The number of nitrogens with zero attached hydrogens (tertiary/aromatic N) is 2. The molecule has 0 fully saturated rings. The second-order valence-corrected chi connectivity index (χ2v) is 6.03. The highest BCUT2D eigenvalue weighted by Gasteiger charge is 2.21. The van der Waals surface area contributed by atoms with Gasteiger partial charge in [0.1, 0.15) is 16.5 Å². The van der Waals surface area contributed by atoms with E-state index in [4.69, 9.17) is 9.47 Å². The number of aromatic nitrogens is 3. The van der Waals surface area contributed by atoms with Crippen molar-refractivity contribution < 1.29 is 27.2 Å². The van der Waals surface area contributed by atoms with Crippen molar-refractivity contribution in [3.05, 3.63) is 30.5 Å². The standard InChI is InChI=1S/C15H13F2N3O4S/c1-22-11-5-6-18-13(12(11)23-2)25(21)15-19-9-4-3-8(24-14(16)17)7-10(9)20-15/h3-7,14H,1-2H3,(H,19,20). The van der Waals surface area contributed by atoms with Crippen LogP contribution in [0.25, 0.3) is 11.0 Å². The SMILES string of the molecule is COc1ccnc(S(=O)c2nc3ccc(OC(F)F)cc3[nH]2)c1OC. The van der Waals surface area contributed by atoms with Crippen LogP contribution in [0.4, 0.5) is 8.78 Å². The van der Waals surface area contributed by atoms with Gasteiger partial charge in [-0.05, 0) is 12.1 Å². The fraction of sp³-hybridized carbons (Fsp3) is 0.200. The number of alkyl halides is 2. The zero-order valence-corrected chi connectivity index (χ0v) is 14.0. The molecule has 0 amide bonds. The maximum atomic E-state index is 12.8. The Morgan fingerprint density at radius 2 is 2.00 bits per heavy atom. The molecule has 1 atom stereocenters. The fourth-order valence-electron chi connectivity index (χ4n) is 2.21. The summed E-state index contributed by atoms with van der Waals surface area (Å²) in [7, 11) is 1.07. The van der Waals surface area contributed by atoms with Gasteiger partial charge in [0.2, 0.25) is 5.16 Å². The molecule has 1 N–H and O–H groups in total. The third kappa shape index (κ3) is 3.38. The van der Waals surface area contributed by atoms with Crippen molar-refractivity contribution in [1.82, 2.24) is 15.0 Å². The van der Waals surface area contributed by atoms with E-state index in [0.29, 0.717) is 16.8 Å². The van der Waals surface area contributed by atoms with E-state index in [1.165, 1.54) is 38.6 Å². The maximum Gasteiger partial charge on any atom is 0.387 e. The van der Waals surface area contributed by atoms with Crippen LogP contribution in [0.3, 0.4) is 0 Å². The molecule has 0 saturated carbocycles. The maximum absolute atomic E-state index is 12.8. The number of pyridine rings is 1. The lowest BCUT2D eigenvalue weighted by Crippen LogP contribution is -2.03. The summed E-state index contributed by atoms with van der Waals surface area (Å²) in [6.45, 7) is -2.93.